The molecule has 1 fully saturated rings. The quantitative estimate of drug-likeness (QED) is 0.476. The SMILES string of the molecule is CCC1CC(=O)NC(n2nc(-c3ccccc3)cc2NC(=O)NCc2ccc(F)cc2)N1. The Morgan fingerprint density at radius 2 is 1.94 bits per heavy atom. The van der Waals surface area contributed by atoms with Crippen LogP contribution in [0.25, 0.3) is 11.3 Å². The molecule has 4 N–H and O–H groups in total. The summed E-state index contributed by atoms with van der Waals surface area (Å²) in [6.45, 7) is 2.25. The third-order valence-electron chi connectivity index (χ3n) is 5.27. The van der Waals surface area contributed by atoms with E-state index in [2.05, 4.69) is 26.4 Å². The number of nitrogens with zero attached hydrogens (tertiary/aromatic N) is 2. The Balaban J connectivity index is 1.55. The highest BCUT2D eigenvalue weighted by molar-refractivity contribution is 5.89. The van der Waals surface area contributed by atoms with Crippen molar-refractivity contribution in [3.63, 3.8) is 0 Å². The summed E-state index contributed by atoms with van der Waals surface area (Å²) >= 11 is 0. The normalized spacial score (nSPS) is 18.1. The minimum atomic E-state index is -0.592. The summed E-state index contributed by atoms with van der Waals surface area (Å²) in [6.07, 6.45) is 0.587. The van der Waals surface area contributed by atoms with E-state index in [4.69, 9.17) is 0 Å². The molecule has 0 radical (unpaired) electrons. The fraction of sp³-hybridized carbons (Fsp3) is 0.261. The van der Waals surface area contributed by atoms with Crippen LogP contribution in [0.4, 0.5) is 15.0 Å². The van der Waals surface area contributed by atoms with E-state index in [9.17, 15) is 14.0 Å². The molecule has 0 spiro atoms. The molecule has 8 nitrogen and oxygen atoms in total. The number of carbonyl (C=O) groups is 2. The van der Waals surface area contributed by atoms with Gasteiger partial charge in [0.15, 0.2) is 6.29 Å². The van der Waals surface area contributed by atoms with Crippen LogP contribution in [0.1, 0.15) is 31.6 Å². The standard InChI is InChI=1S/C23H25FN6O2/c1-2-18-12-21(31)28-22(26-18)30-20(13-19(29-30)16-6-4-3-5-7-16)27-23(32)25-14-15-8-10-17(24)11-9-15/h3-11,13,18,22,26H,2,12,14H2,1H3,(H,28,31)(H2,25,27,32). The second kappa shape index (κ2) is 9.61. The predicted molar refractivity (Wildman–Crippen MR) is 119 cm³/mol. The zero-order chi connectivity index (χ0) is 22.5. The second-order valence-corrected chi connectivity index (χ2v) is 7.61. The molecule has 3 aromatic rings. The van der Waals surface area contributed by atoms with E-state index in [-0.39, 0.29) is 24.3 Å². The lowest BCUT2D eigenvalue weighted by Gasteiger charge is -2.31. The molecule has 2 unspecified atom stereocenters. The summed E-state index contributed by atoms with van der Waals surface area (Å²) in [7, 11) is 0. The van der Waals surface area contributed by atoms with Crippen LogP contribution in [-0.4, -0.2) is 27.8 Å². The van der Waals surface area contributed by atoms with E-state index in [0.717, 1.165) is 17.5 Å². The lowest BCUT2D eigenvalue weighted by atomic mass is 10.1. The van der Waals surface area contributed by atoms with Crippen molar-refractivity contribution in [2.75, 3.05) is 5.32 Å². The maximum Gasteiger partial charge on any atom is 0.320 e. The highest BCUT2D eigenvalue weighted by atomic mass is 19.1. The highest BCUT2D eigenvalue weighted by Gasteiger charge is 2.28. The van der Waals surface area contributed by atoms with E-state index in [1.807, 2.05) is 37.3 Å². The van der Waals surface area contributed by atoms with Crippen LogP contribution in [0.15, 0.2) is 60.7 Å². The average molecular weight is 436 g/mol. The van der Waals surface area contributed by atoms with Crippen molar-refractivity contribution in [2.24, 2.45) is 0 Å². The molecular formula is C23H25FN6O2. The summed E-state index contributed by atoms with van der Waals surface area (Å²) in [5.74, 6) is 0.0158. The van der Waals surface area contributed by atoms with Gasteiger partial charge in [0.05, 0.1) is 5.69 Å². The van der Waals surface area contributed by atoms with Gasteiger partial charge in [-0.15, -0.1) is 0 Å². The molecule has 3 amide bonds. The first-order valence-electron chi connectivity index (χ1n) is 10.5. The van der Waals surface area contributed by atoms with E-state index in [0.29, 0.717) is 17.9 Å². The first-order valence-corrected chi connectivity index (χ1v) is 10.5. The van der Waals surface area contributed by atoms with Gasteiger partial charge in [-0.05, 0) is 24.1 Å². The van der Waals surface area contributed by atoms with E-state index >= 15 is 0 Å². The van der Waals surface area contributed by atoms with Crippen LogP contribution in [0, 0.1) is 5.82 Å². The van der Waals surface area contributed by atoms with Gasteiger partial charge in [-0.1, -0.05) is 49.4 Å². The van der Waals surface area contributed by atoms with Gasteiger partial charge in [0, 0.05) is 30.6 Å². The fourth-order valence-corrected chi connectivity index (χ4v) is 3.53. The maximum atomic E-state index is 13.1. The van der Waals surface area contributed by atoms with Crippen molar-refractivity contribution >= 4 is 17.8 Å². The Bertz CT molecular complexity index is 1080. The topological polar surface area (TPSA) is 100 Å². The van der Waals surface area contributed by atoms with Gasteiger partial charge < -0.3 is 10.6 Å². The Hall–Kier alpha value is -3.72. The number of benzene rings is 2. The minimum Gasteiger partial charge on any atom is -0.334 e. The Labute approximate surface area is 185 Å². The summed E-state index contributed by atoms with van der Waals surface area (Å²) in [4.78, 5) is 24.8. The number of carbonyl (C=O) groups excluding carboxylic acids is 2. The zero-order valence-corrected chi connectivity index (χ0v) is 17.6. The van der Waals surface area contributed by atoms with Gasteiger partial charge in [0.2, 0.25) is 5.91 Å². The molecule has 166 valence electrons. The number of anilines is 1. The number of halogens is 1. The van der Waals surface area contributed by atoms with Crippen LogP contribution in [0.3, 0.4) is 0 Å². The van der Waals surface area contributed by atoms with Crippen molar-refractivity contribution in [3.8, 4) is 11.3 Å². The monoisotopic (exact) mass is 436 g/mol. The lowest BCUT2D eigenvalue weighted by Crippen LogP contribution is -2.53. The summed E-state index contributed by atoms with van der Waals surface area (Å²) in [5.41, 5.74) is 2.32. The number of rotatable bonds is 6. The number of hydrogen-bond donors (Lipinski definition) is 4. The molecule has 0 saturated carbocycles. The number of amides is 3. The fourth-order valence-electron chi connectivity index (χ4n) is 3.53. The molecule has 0 aliphatic carbocycles. The van der Waals surface area contributed by atoms with E-state index in [1.165, 1.54) is 12.1 Å². The van der Waals surface area contributed by atoms with E-state index < -0.39 is 12.3 Å². The molecule has 0 bridgehead atoms. The smallest absolute Gasteiger partial charge is 0.320 e. The lowest BCUT2D eigenvalue weighted by molar-refractivity contribution is -0.125. The van der Waals surface area contributed by atoms with Crippen molar-refractivity contribution in [1.82, 2.24) is 25.7 Å². The van der Waals surface area contributed by atoms with Gasteiger partial charge in [-0.2, -0.15) is 5.10 Å². The predicted octanol–water partition coefficient (Wildman–Crippen LogP) is 3.36. The van der Waals surface area contributed by atoms with Gasteiger partial charge in [-0.25, -0.2) is 13.9 Å². The van der Waals surface area contributed by atoms with Gasteiger partial charge in [0.25, 0.3) is 0 Å². The third-order valence-corrected chi connectivity index (χ3v) is 5.27. The number of urea groups is 1. The van der Waals surface area contributed by atoms with Crippen molar-refractivity contribution < 1.29 is 14.0 Å². The first kappa shape index (κ1) is 21.5. The first-order chi connectivity index (χ1) is 15.5. The summed E-state index contributed by atoms with van der Waals surface area (Å²) < 4.78 is 14.6. The largest absolute Gasteiger partial charge is 0.334 e. The number of hydrogen-bond acceptors (Lipinski definition) is 4. The molecule has 1 aliphatic heterocycles. The van der Waals surface area contributed by atoms with Gasteiger partial charge in [-0.3, -0.25) is 15.4 Å². The second-order valence-electron chi connectivity index (χ2n) is 7.61. The third kappa shape index (κ3) is 5.12. The minimum absolute atomic E-state index is 0.0123. The molecule has 1 saturated heterocycles. The number of nitrogens with one attached hydrogen (secondary N) is 4. The van der Waals surface area contributed by atoms with Crippen molar-refractivity contribution in [1.29, 1.82) is 0 Å². The molecule has 9 heteroatoms. The Kier molecular flexibility index (Phi) is 6.46. The molecule has 1 aliphatic rings. The summed E-state index contributed by atoms with van der Waals surface area (Å²) in [5, 5.41) is 16.4. The molecule has 2 atom stereocenters. The Morgan fingerprint density at radius 3 is 2.66 bits per heavy atom. The van der Waals surface area contributed by atoms with Crippen LogP contribution < -0.4 is 21.3 Å². The van der Waals surface area contributed by atoms with Crippen LogP contribution in [-0.2, 0) is 11.3 Å². The number of aromatic nitrogens is 2. The average Bonchev–Trinajstić information content (AvgIpc) is 3.22. The van der Waals surface area contributed by atoms with Gasteiger partial charge in [0.1, 0.15) is 11.6 Å². The van der Waals surface area contributed by atoms with Gasteiger partial charge >= 0.3 is 6.03 Å². The van der Waals surface area contributed by atoms with Crippen molar-refractivity contribution in [2.45, 2.75) is 38.6 Å². The molecule has 4 rings (SSSR count). The van der Waals surface area contributed by atoms with Crippen LogP contribution >= 0.6 is 0 Å². The molecule has 32 heavy (non-hydrogen) atoms. The highest BCUT2D eigenvalue weighted by Crippen LogP contribution is 2.25. The van der Waals surface area contributed by atoms with E-state index in [1.54, 1.807) is 22.9 Å². The maximum absolute atomic E-state index is 13.1. The summed E-state index contributed by atoms with van der Waals surface area (Å²) in [6, 6.07) is 16.8. The zero-order valence-electron chi connectivity index (χ0n) is 17.6. The molecule has 2 heterocycles. The van der Waals surface area contributed by atoms with Crippen LogP contribution in [0.2, 0.25) is 0 Å². The molecular weight excluding hydrogens is 411 g/mol. The molecule has 2 aromatic carbocycles. The van der Waals surface area contributed by atoms with Crippen LogP contribution in [0.5, 0.6) is 0 Å². The molecule has 1 aromatic heterocycles. The van der Waals surface area contributed by atoms with Crippen molar-refractivity contribution in [3.05, 3.63) is 72.0 Å². The Morgan fingerprint density at radius 1 is 1.19 bits per heavy atom.